The standard InChI is InChI=1S/C13H22N2O/c1-2-14-7-10-6-11(9-14)12-4-3-5-13(16)15(12)8-10/h10-12H,2-9H2,1H3/t10-,11+,12+/m0/s1. The summed E-state index contributed by atoms with van der Waals surface area (Å²) in [7, 11) is 0. The Bertz CT molecular complexity index is 292. The smallest absolute Gasteiger partial charge is 0.222 e. The average Bonchev–Trinajstić information content (AvgIpc) is 2.30. The predicted octanol–water partition coefficient (Wildman–Crippen LogP) is 1.34. The zero-order chi connectivity index (χ0) is 11.1. The molecular weight excluding hydrogens is 200 g/mol. The Labute approximate surface area is 97.8 Å². The van der Waals surface area contributed by atoms with Crippen molar-refractivity contribution >= 4 is 5.91 Å². The molecule has 0 aliphatic carbocycles. The first-order chi connectivity index (χ1) is 7.78. The summed E-state index contributed by atoms with van der Waals surface area (Å²) in [6.07, 6.45) is 4.53. The second-order valence-corrected chi connectivity index (χ2v) is 5.72. The molecule has 3 fully saturated rings. The first-order valence-corrected chi connectivity index (χ1v) is 6.79. The van der Waals surface area contributed by atoms with Gasteiger partial charge in [-0.3, -0.25) is 4.79 Å². The number of nitrogens with zero attached hydrogens (tertiary/aromatic N) is 2. The molecular formula is C13H22N2O. The summed E-state index contributed by atoms with van der Waals surface area (Å²) in [4.78, 5) is 16.7. The van der Waals surface area contributed by atoms with Crippen LogP contribution >= 0.6 is 0 Å². The van der Waals surface area contributed by atoms with Gasteiger partial charge in [0, 0.05) is 32.1 Å². The molecule has 1 amide bonds. The van der Waals surface area contributed by atoms with E-state index in [0.717, 1.165) is 31.2 Å². The molecule has 3 saturated heterocycles. The van der Waals surface area contributed by atoms with Gasteiger partial charge in [-0.15, -0.1) is 0 Å². The van der Waals surface area contributed by atoms with Gasteiger partial charge in [0.05, 0.1) is 0 Å². The van der Waals surface area contributed by atoms with Crippen molar-refractivity contribution in [3.05, 3.63) is 0 Å². The van der Waals surface area contributed by atoms with E-state index in [1.54, 1.807) is 0 Å². The van der Waals surface area contributed by atoms with Crippen LogP contribution in [-0.2, 0) is 4.79 Å². The molecule has 3 rings (SSSR count). The second-order valence-electron chi connectivity index (χ2n) is 5.72. The lowest BCUT2D eigenvalue weighted by atomic mass is 9.76. The Morgan fingerprint density at radius 3 is 3.00 bits per heavy atom. The van der Waals surface area contributed by atoms with Crippen LogP contribution in [0.1, 0.15) is 32.6 Å². The zero-order valence-electron chi connectivity index (χ0n) is 10.2. The van der Waals surface area contributed by atoms with Gasteiger partial charge in [0.1, 0.15) is 0 Å². The third-order valence-electron chi connectivity index (χ3n) is 4.70. The molecule has 3 heteroatoms. The molecule has 3 atom stereocenters. The number of piperidine rings is 3. The molecule has 3 aliphatic rings. The van der Waals surface area contributed by atoms with Crippen molar-refractivity contribution in [1.29, 1.82) is 0 Å². The van der Waals surface area contributed by atoms with Gasteiger partial charge in [-0.2, -0.15) is 0 Å². The van der Waals surface area contributed by atoms with Crippen LogP contribution in [0.25, 0.3) is 0 Å². The summed E-state index contributed by atoms with van der Waals surface area (Å²) in [6, 6.07) is 0.576. The van der Waals surface area contributed by atoms with Gasteiger partial charge in [-0.25, -0.2) is 0 Å². The maximum atomic E-state index is 11.9. The second kappa shape index (κ2) is 4.02. The normalized spacial score (nSPS) is 39.7. The van der Waals surface area contributed by atoms with Crippen LogP contribution in [0.15, 0.2) is 0 Å². The van der Waals surface area contributed by atoms with Crippen molar-refractivity contribution in [2.75, 3.05) is 26.2 Å². The van der Waals surface area contributed by atoms with Crippen molar-refractivity contribution in [2.45, 2.75) is 38.6 Å². The number of rotatable bonds is 1. The Morgan fingerprint density at radius 2 is 2.19 bits per heavy atom. The Balaban J connectivity index is 1.78. The summed E-state index contributed by atoms with van der Waals surface area (Å²) in [5.74, 6) is 1.93. The maximum absolute atomic E-state index is 11.9. The lowest BCUT2D eigenvalue weighted by molar-refractivity contribution is -0.144. The molecule has 0 unspecified atom stereocenters. The largest absolute Gasteiger partial charge is 0.339 e. The maximum Gasteiger partial charge on any atom is 0.222 e. The molecule has 0 N–H and O–H groups in total. The molecule has 3 nitrogen and oxygen atoms in total. The van der Waals surface area contributed by atoms with Crippen molar-refractivity contribution in [3.8, 4) is 0 Å². The van der Waals surface area contributed by atoms with E-state index in [-0.39, 0.29) is 0 Å². The topological polar surface area (TPSA) is 23.6 Å². The fourth-order valence-electron chi connectivity index (χ4n) is 3.97. The highest BCUT2D eigenvalue weighted by Gasteiger charge is 2.43. The van der Waals surface area contributed by atoms with Gasteiger partial charge in [0.15, 0.2) is 0 Å². The SMILES string of the molecule is CCN1C[C@@H]2C[C@H](C1)[C@H]1CCCC(=O)N1C2. The molecule has 0 aromatic carbocycles. The summed E-state index contributed by atoms with van der Waals surface area (Å²) in [5, 5.41) is 0. The van der Waals surface area contributed by atoms with Crippen LogP contribution in [0.2, 0.25) is 0 Å². The van der Waals surface area contributed by atoms with E-state index >= 15 is 0 Å². The van der Waals surface area contributed by atoms with Gasteiger partial charge in [0.2, 0.25) is 5.91 Å². The van der Waals surface area contributed by atoms with E-state index < -0.39 is 0 Å². The summed E-state index contributed by atoms with van der Waals surface area (Å²) < 4.78 is 0. The van der Waals surface area contributed by atoms with Crippen LogP contribution < -0.4 is 0 Å². The molecule has 3 aliphatic heterocycles. The highest BCUT2D eigenvalue weighted by molar-refractivity contribution is 5.77. The predicted molar refractivity (Wildman–Crippen MR) is 63.1 cm³/mol. The molecule has 16 heavy (non-hydrogen) atoms. The number of likely N-dealkylation sites (tertiary alicyclic amines) is 1. The number of hydrogen-bond acceptors (Lipinski definition) is 2. The monoisotopic (exact) mass is 222 g/mol. The Kier molecular flexibility index (Phi) is 2.66. The average molecular weight is 222 g/mol. The fourth-order valence-corrected chi connectivity index (χ4v) is 3.97. The highest BCUT2D eigenvalue weighted by atomic mass is 16.2. The fraction of sp³-hybridized carbons (Fsp3) is 0.923. The molecule has 0 spiro atoms. The lowest BCUT2D eigenvalue weighted by Gasteiger charge is -2.52. The molecule has 0 aromatic heterocycles. The first-order valence-electron chi connectivity index (χ1n) is 6.79. The lowest BCUT2D eigenvalue weighted by Crippen LogP contribution is -2.60. The van der Waals surface area contributed by atoms with E-state index in [1.165, 1.54) is 32.5 Å². The minimum Gasteiger partial charge on any atom is -0.339 e. The Hall–Kier alpha value is -0.570. The molecule has 3 heterocycles. The van der Waals surface area contributed by atoms with E-state index in [2.05, 4.69) is 16.7 Å². The van der Waals surface area contributed by atoms with Gasteiger partial charge >= 0.3 is 0 Å². The number of fused-ring (bicyclic) bond motifs is 4. The van der Waals surface area contributed by atoms with Gasteiger partial charge in [-0.1, -0.05) is 6.92 Å². The number of carbonyl (C=O) groups excluding carboxylic acids is 1. The van der Waals surface area contributed by atoms with Gasteiger partial charge < -0.3 is 9.80 Å². The van der Waals surface area contributed by atoms with E-state index in [9.17, 15) is 4.79 Å². The van der Waals surface area contributed by atoms with Crippen molar-refractivity contribution in [2.24, 2.45) is 11.8 Å². The number of amides is 1. The third-order valence-corrected chi connectivity index (χ3v) is 4.70. The van der Waals surface area contributed by atoms with Gasteiger partial charge in [0.25, 0.3) is 0 Å². The molecule has 0 aromatic rings. The first kappa shape index (κ1) is 10.6. The number of hydrogen-bond donors (Lipinski definition) is 0. The minimum atomic E-state index is 0.427. The number of carbonyl (C=O) groups is 1. The molecule has 0 saturated carbocycles. The molecule has 90 valence electrons. The van der Waals surface area contributed by atoms with Crippen molar-refractivity contribution in [3.63, 3.8) is 0 Å². The third kappa shape index (κ3) is 1.65. The quantitative estimate of drug-likeness (QED) is 0.668. The summed E-state index contributed by atoms with van der Waals surface area (Å²) >= 11 is 0. The molecule has 2 bridgehead atoms. The summed E-state index contributed by atoms with van der Waals surface area (Å²) in [5.41, 5.74) is 0. The Morgan fingerprint density at radius 1 is 1.31 bits per heavy atom. The van der Waals surface area contributed by atoms with Crippen LogP contribution in [-0.4, -0.2) is 47.9 Å². The zero-order valence-corrected chi connectivity index (χ0v) is 10.2. The van der Waals surface area contributed by atoms with Crippen LogP contribution in [0, 0.1) is 11.8 Å². The highest BCUT2D eigenvalue weighted by Crippen LogP contribution is 2.37. The van der Waals surface area contributed by atoms with Crippen molar-refractivity contribution in [1.82, 2.24) is 9.80 Å². The van der Waals surface area contributed by atoms with Crippen molar-refractivity contribution < 1.29 is 4.79 Å². The summed E-state index contributed by atoms with van der Waals surface area (Å²) in [6.45, 7) is 6.90. The van der Waals surface area contributed by atoms with E-state index in [4.69, 9.17) is 0 Å². The van der Waals surface area contributed by atoms with Crippen LogP contribution in [0.3, 0.4) is 0 Å². The van der Waals surface area contributed by atoms with E-state index in [0.29, 0.717) is 11.9 Å². The van der Waals surface area contributed by atoms with Gasteiger partial charge in [-0.05, 0) is 37.6 Å². The molecule has 0 radical (unpaired) electrons. The van der Waals surface area contributed by atoms with E-state index in [1.807, 2.05) is 0 Å². The van der Waals surface area contributed by atoms with Crippen LogP contribution in [0.4, 0.5) is 0 Å². The van der Waals surface area contributed by atoms with Crippen LogP contribution in [0.5, 0.6) is 0 Å². The minimum absolute atomic E-state index is 0.427.